The molecule has 0 saturated carbocycles. The molecule has 0 bridgehead atoms. The number of amides is 2. The fraction of sp³-hybridized carbons (Fsp3) is 0.467. The molecule has 0 fully saturated rings. The summed E-state index contributed by atoms with van der Waals surface area (Å²) in [6.45, 7) is 4.49. The van der Waals surface area contributed by atoms with Crippen LogP contribution in [0.1, 0.15) is 26.7 Å². The molecule has 1 aromatic rings. The van der Waals surface area contributed by atoms with Crippen LogP contribution < -0.4 is 16.0 Å². The lowest BCUT2D eigenvalue weighted by atomic mass is 10.2. The molecule has 1 rings (SSSR count). The standard InChI is InChI=1S/C15H23N3O2.ClH/c1-11(2)15(20)18-13-7-4-6-12(10-13)17-14(19)8-5-9-16-3;/h4,6-7,10-11,16H,5,8-9H2,1-3H3,(H,17,19)(H,18,20);1H. The van der Waals surface area contributed by atoms with Crippen LogP contribution in [-0.2, 0) is 9.59 Å². The predicted molar refractivity (Wildman–Crippen MR) is 88.9 cm³/mol. The van der Waals surface area contributed by atoms with Gasteiger partial charge in [0.2, 0.25) is 11.8 Å². The minimum Gasteiger partial charge on any atom is -0.326 e. The Morgan fingerprint density at radius 3 is 2.33 bits per heavy atom. The molecule has 0 atom stereocenters. The van der Waals surface area contributed by atoms with Gasteiger partial charge >= 0.3 is 0 Å². The van der Waals surface area contributed by atoms with Crippen molar-refractivity contribution < 1.29 is 9.59 Å². The van der Waals surface area contributed by atoms with Crippen molar-refractivity contribution in [2.45, 2.75) is 26.7 Å². The normalized spacial score (nSPS) is 9.90. The molecule has 0 heterocycles. The number of anilines is 2. The van der Waals surface area contributed by atoms with Crippen molar-refractivity contribution in [3.05, 3.63) is 24.3 Å². The number of rotatable bonds is 7. The summed E-state index contributed by atoms with van der Waals surface area (Å²) in [7, 11) is 1.86. The molecule has 0 aliphatic carbocycles. The highest BCUT2D eigenvalue weighted by molar-refractivity contribution is 5.94. The highest BCUT2D eigenvalue weighted by Gasteiger charge is 2.08. The molecule has 0 spiro atoms. The molecule has 5 nitrogen and oxygen atoms in total. The fourth-order valence-corrected chi connectivity index (χ4v) is 1.61. The Morgan fingerprint density at radius 2 is 1.76 bits per heavy atom. The smallest absolute Gasteiger partial charge is 0.226 e. The number of hydrogen-bond acceptors (Lipinski definition) is 3. The summed E-state index contributed by atoms with van der Waals surface area (Å²) in [4.78, 5) is 23.3. The molecule has 118 valence electrons. The molecule has 0 aliphatic heterocycles. The maximum Gasteiger partial charge on any atom is 0.226 e. The Morgan fingerprint density at radius 1 is 1.14 bits per heavy atom. The highest BCUT2D eigenvalue weighted by atomic mass is 35.5. The number of carbonyl (C=O) groups excluding carboxylic acids is 2. The van der Waals surface area contributed by atoms with Crippen LogP contribution in [0.5, 0.6) is 0 Å². The van der Waals surface area contributed by atoms with Crippen molar-refractivity contribution in [2.24, 2.45) is 5.92 Å². The van der Waals surface area contributed by atoms with Crippen molar-refractivity contribution in [3.63, 3.8) is 0 Å². The lowest BCUT2D eigenvalue weighted by Gasteiger charge is -2.10. The first-order chi connectivity index (χ1) is 9.52. The Hall–Kier alpha value is -1.59. The average molecular weight is 314 g/mol. The SMILES string of the molecule is CNCCCC(=O)Nc1cccc(NC(=O)C(C)C)c1.Cl. The molecule has 6 heteroatoms. The molecule has 0 unspecified atom stereocenters. The second kappa shape index (κ2) is 10.2. The first-order valence-electron chi connectivity index (χ1n) is 6.88. The predicted octanol–water partition coefficient (Wildman–Crippen LogP) is 2.64. The van der Waals surface area contributed by atoms with E-state index in [0.29, 0.717) is 17.8 Å². The van der Waals surface area contributed by atoms with Gasteiger partial charge in [0.25, 0.3) is 0 Å². The van der Waals surface area contributed by atoms with E-state index in [2.05, 4.69) is 16.0 Å². The number of hydrogen-bond donors (Lipinski definition) is 3. The van der Waals surface area contributed by atoms with Gasteiger partial charge in [-0.1, -0.05) is 19.9 Å². The largest absolute Gasteiger partial charge is 0.326 e. The van der Waals surface area contributed by atoms with Gasteiger partial charge in [-0.3, -0.25) is 9.59 Å². The van der Waals surface area contributed by atoms with Crippen LogP contribution in [0.3, 0.4) is 0 Å². The van der Waals surface area contributed by atoms with Crippen LogP contribution in [0.4, 0.5) is 11.4 Å². The van der Waals surface area contributed by atoms with Gasteiger partial charge in [0.1, 0.15) is 0 Å². The van der Waals surface area contributed by atoms with E-state index in [1.807, 2.05) is 20.9 Å². The number of halogens is 1. The van der Waals surface area contributed by atoms with Crippen LogP contribution in [0.25, 0.3) is 0 Å². The topological polar surface area (TPSA) is 70.2 Å². The second-order valence-corrected chi connectivity index (χ2v) is 4.98. The first kappa shape index (κ1) is 19.4. The molecule has 1 aromatic carbocycles. The highest BCUT2D eigenvalue weighted by Crippen LogP contribution is 2.16. The van der Waals surface area contributed by atoms with Crippen molar-refractivity contribution in [3.8, 4) is 0 Å². The fourth-order valence-electron chi connectivity index (χ4n) is 1.61. The lowest BCUT2D eigenvalue weighted by molar-refractivity contribution is -0.119. The van der Waals surface area contributed by atoms with Gasteiger partial charge in [0, 0.05) is 23.7 Å². The van der Waals surface area contributed by atoms with E-state index in [0.717, 1.165) is 13.0 Å². The third-order valence-corrected chi connectivity index (χ3v) is 2.77. The van der Waals surface area contributed by atoms with Crippen LogP contribution >= 0.6 is 12.4 Å². The van der Waals surface area contributed by atoms with Gasteiger partial charge < -0.3 is 16.0 Å². The first-order valence-corrected chi connectivity index (χ1v) is 6.88. The molecule has 0 aromatic heterocycles. The van der Waals surface area contributed by atoms with Crippen molar-refractivity contribution >= 4 is 35.6 Å². The van der Waals surface area contributed by atoms with E-state index in [1.54, 1.807) is 24.3 Å². The zero-order chi connectivity index (χ0) is 15.0. The van der Waals surface area contributed by atoms with Gasteiger partial charge in [-0.2, -0.15) is 0 Å². The van der Waals surface area contributed by atoms with Crippen LogP contribution in [0.2, 0.25) is 0 Å². The number of benzene rings is 1. The molecule has 3 N–H and O–H groups in total. The Bertz CT molecular complexity index is 464. The molecule has 0 saturated heterocycles. The Balaban J connectivity index is 0.00000400. The van der Waals surface area contributed by atoms with Gasteiger partial charge in [-0.15, -0.1) is 12.4 Å². The summed E-state index contributed by atoms with van der Waals surface area (Å²) in [5.41, 5.74) is 1.39. The van der Waals surface area contributed by atoms with E-state index in [1.165, 1.54) is 0 Å². The quantitative estimate of drug-likeness (QED) is 0.678. The van der Waals surface area contributed by atoms with Gasteiger partial charge in [-0.25, -0.2) is 0 Å². The third kappa shape index (κ3) is 7.68. The minimum atomic E-state index is -0.0743. The number of nitrogens with one attached hydrogen (secondary N) is 3. The Kier molecular flexibility index (Phi) is 9.41. The summed E-state index contributed by atoms with van der Waals surface area (Å²) in [5, 5.41) is 8.63. The van der Waals surface area contributed by atoms with E-state index in [4.69, 9.17) is 0 Å². The van der Waals surface area contributed by atoms with Gasteiger partial charge in [0.05, 0.1) is 0 Å². The minimum absolute atomic E-state index is 0. The van der Waals surface area contributed by atoms with Gasteiger partial charge in [0.15, 0.2) is 0 Å². The number of carbonyl (C=O) groups is 2. The second-order valence-electron chi connectivity index (χ2n) is 4.98. The maximum atomic E-state index is 11.7. The van der Waals surface area contributed by atoms with E-state index < -0.39 is 0 Å². The summed E-state index contributed by atoms with van der Waals surface area (Å²) >= 11 is 0. The molecule has 21 heavy (non-hydrogen) atoms. The van der Waals surface area contributed by atoms with E-state index >= 15 is 0 Å². The summed E-state index contributed by atoms with van der Waals surface area (Å²) in [6.07, 6.45) is 1.27. The zero-order valence-corrected chi connectivity index (χ0v) is 13.5. The van der Waals surface area contributed by atoms with Crippen molar-refractivity contribution in [2.75, 3.05) is 24.2 Å². The summed E-state index contributed by atoms with van der Waals surface area (Å²) < 4.78 is 0. The molecule has 0 aliphatic rings. The monoisotopic (exact) mass is 313 g/mol. The summed E-state index contributed by atoms with van der Waals surface area (Å²) in [6, 6.07) is 7.17. The van der Waals surface area contributed by atoms with Crippen LogP contribution in [-0.4, -0.2) is 25.4 Å². The van der Waals surface area contributed by atoms with Crippen LogP contribution in [0, 0.1) is 5.92 Å². The average Bonchev–Trinajstić information content (AvgIpc) is 2.39. The third-order valence-electron chi connectivity index (χ3n) is 2.77. The van der Waals surface area contributed by atoms with E-state index in [-0.39, 0.29) is 30.1 Å². The zero-order valence-electron chi connectivity index (χ0n) is 12.7. The van der Waals surface area contributed by atoms with Crippen molar-refractivity contribution in [1.29, 1.82) is 0 Å². The van der Waals surface area contributed by atoms with E-state index in [9.17, 15) is 9.59 Å². The Labute approximate surface area is 132 Å². The molecular weight excluding hydrogens is 290 g/mol. The van der Waals surface area contributed by atoms with Crippen molar-refractivity contribution in [1.82, 2.24) is 5.32 Å². The summed E-state index contributed by atoms with van der Waals surface area (Å²) in [5.74, 6) is -0.134. The van der Waals surface area contributed by atoms with Gasteiger partial charge in [-0.05, 0) is 38.2 Å². The molecule has 2 amide bonds. The lowest BCUT2D eigenvalue weighted by Crippen LogP contribution is -2.18. The maximum absolute atomic E-state index is 11.7. The van der Waals surface area contributed by atoms with Crippen LogP contribution in [0.15, 0.2) is 24.3 Å². The molecular formula is C15H24ClN3O2. The molecule has 0 radical (unpaired) electrons.